The molecule has 5 heteroatoms. The van der Waals surface area contributed by atoms with E-state index in [-0.39, 0.29) is 17.6 Å². The van der Waals surface area contributed by atoms with Crippen molar-refractivity contribution in [2.24, 2.45) is 0 Å². The smallest absolute Gasteiger partial charge is 0.254 e. The Bertz CT molecular complexity index is 729. The number of hydrogen-bond donors (Lipinski definition) is 1. The van der Waals surface area contributed by atoms with Crippen LogP contribution in [0.3, 0.4) is 0 Å². The summed E-state index contributed by atoms with van der Waals surface area (Å²) in [6.07, 6.45) is 1.48. The van der Waals surface area contributed by atoms with E-state index in [1.807, 2.05) is 6.07 Å². The summed E-state index contributed by atoms with van der Waals surface area (Å²) in [5.41, 5.74) is 5.36. The van der Waals surface area contributed by atoms with Gasteiger partial charge < -0.3 is 10.6 Å². The molecule has 0 saturated carbocycles. The fourth-order valence-electron chi connectivity index (χ4n) is 2.81. The number of nitrogen functional groups attached to an aromatic ring is 1. The van der Waals surface area contributed by atoms with Gasteiger partial charge in [0.15, 0.2) is 0 Å². The van der Waals surface area contributed by atoms with Crippen LogP contribution < -0.4 is 16.6 Å². The second-order valence-corrected chi connectivity index (χ2v) is 5.01. The van der Waals surface area contributed by atoms with E-state index < -0.39 is 10.9 Å². The van der Waals surface area contributed by atoms with Crippen LogP contribution in [-0.4, -0.2) is 17.4 Å². The highest BCUT2D eigenvalue weighted by atomic mass is 16.2. The minimum Gasteiger partial charge on any atom is -0.395 e. The predicted octanol–water partition coefficient (Wildman–Crippen LogP) is 0.842. The number of amides is 1. The Morgan fingerprint density at radius 1 is 1.15 bits per heavy atom. The molecule has 0 radical (unpaired) electrons. The zero-order chi connectivity index (χ0) is 14.3. The SMILES string of the molecule is Nc1c(C2CCCN2C(=O)c2ccccc2)c(=O)c1=O. The molecule has 1 amide bonds. The van der Waals surface area contributed by atoms with Gasteiger partial charge in [-0.05, 0) is 25.0 Å². The number of hydrogen-bond acceptors (Lipinski definition) is 4. The lowest BCUT2D eigenvalue weighted by Crippen LogP contribution is -2.43. The second kappa shape index (κ2) is 4.59. The minimum absolute atomic E-state index is 0.0211. The molecule has 1 unspecified atom stereocenters. The third kappa shape index (κ3) is 1.74. The highest BCUT2D eigenvalue weighted by Crippen LogP contribution is 2.33. The molecule has 3 rings (SSSR count). The molecule has 1 atom stereocenters. The molecule has 5 nitrogen and oxygen atoms in total. The molecule has 1 fully saturated rings. The van der Waals surface area contributed by atoms with Crippen molar-refractivity contribution in [1.82, 2.24) is 4.90 Å². The third-order valence-corrected chi connectivity index (χ3v) is 3.85. The summed E-state index contributed by atoms with van der Waals surface area (Å²) in [4.78, 5) is 37.0. The molecule has 0 bridgehead atoms. The quantitative estimate of drug-likeness (QED) is 0.820. The van der Waals surface area contributed by atoms with E-state index in [0.29, 0.717) is 24.1 Å². The van der Waals surface area contributed by atoms with E-state index in [9.17, 15) is 14.4 Å². The maximum Gasteiger partial charge on any atom is 0.254 e. The van der Waals surface area contributed by atoms with E-state index in [4.69, 9.17) is 5.73 Å². The first-order chi connectivity index (χ1) is 9.61. The fourth-order valence-corrected chi connectivity index (χ4v) is 2.81. The Hall–Kier alpha value is -2.43. The largest absolute Gasteiger partial charge is 0.395 e. The van der Waals surface area contributed by atoms with Gasteiger partial charge in [-0.3, -0.25) is 14.4 Å². The van der Waals surface area contributed by atoms with Gasteiger partial charge in [-0.1, -0.05) is 18.2 Å². The van der Waals surface area contributed by atoms with Crippen molar-refractivity contribution < 1.29 is 4.79 Å². The summed E-state index contributed by atoms with van der Waals surface area (Å²) in [5, 5.41) is 0. The van der Waals surface area contributed by atoms with E-state index in [1.54, 1.807) is 29.2 Å². The zero-order valence-corrected chi connectivity index (χ0v) is 10.8. The van der Waals surface area contributed by atoms with Gasteiger partial charge in [-0.2, -0.15) is 0 Å². The molecule has 1 aliphatic rings. The Labute approximate surface area is 115 Å². The third-order valence-electron chi connectivity index (χ3n) is 3.85. The molecule has 1 heterocycles. The Morgan fingerprint density at radius 3 is 2.50 bits per heavy atom. The van der Waals surface area contributed by atoms with E-state index >= 15 is 0 Å². The summed E-state index contributed by atoms with van der Waals surface area (Å²) >= 11 is 0. The zero-order valence-electron chi connectivity index (χ0n) is 10.8. The van der Waals surface area contributed by atoms with Crippen molar-refractivity contribution in [3.8, 4) is 0 Å². The average molecular weight is 270 g/mol. The van der Waals surface area contributed by atoms with E-state index in [1.165, 1.54) is 0 Å². The molecule has 2 aromatic rings. The summed E-state index contributed by atoms with van der Waals surface area (Å²) in [5.74, 6) is -0.124. The lowest BCUT2D eigenvalue weighted by atomic mass is 9.97. The van der Waals surface area contributed by atoms with E-state index in [0.717, 1.165) is 6.42 Å². The first-order valence-electron chi connectivity index (χ1n) is 6.56. The van der Waals surface area contributed by atoms with Gasteiger partial charge in [0, 0.05) is 12.1 Å². The first-order valence-corrected chi connectivity index (χ1v) is 6.56. The van der Waals surface area contributed by atoms with Gasteiger partial charge in [0.2, 0.25) is 10.9 Å². The number of likely N-dealkylation sites (tertiary alicyclic amines) is 1. The monoisotopic (exact) mass is 270 g/mol. The highest BCUT2D eigenvalue weighted by molar-refractivity contribution is 5.94. The van der Waals surface area contributed by atoms with Crippen LogP contribution in [0.25, 0.3) is 0 Å². The second-order valence-electron chi connectivity index (χ2n) is 5.01. The molecular weight excluding hydrogens is 256 g/mol. The van der Waals surface area contributed by atoms with Crippen LogP contribution in [0.1, 0.15) is 34.8 Å². The normalized spacial score (nSPS) is 18.6. The summed E-state index contributed by atoms with van der Waals surface area (Å²) in [6.45, 7) is 0.580. The van der Waals surface area contributed by atoms with Crippen LogP contribution in [0.2, 0.25) is 0 Å². The van der Waals surface area contributed by atoms with Crippen LogP contribution >= 0.6 is 0 Å². The molecule has 1 saturated heterocycles. The van der Waals surface area contributed by atoms with Crippen molar-refractivity contribution in [3.63, 3.8) is 0 Å². The maximum absolute atomic E-state index is 12.5. The number of nitrogens with two attached hydrogens (primary N) is 1. The molecule has 2 N–H and O–H groups in total. The van der Waals surface area contributed by atoms with Gasteiger partial charge in [-0.25, -0.2) is 0 Å². The summed E-state index contributed by atoms with van der Waals surface area (Å²) in [7, 11) is 0. The first kappa shape index (κ1) is 12.6. The number of nitrogens with zero attached hydrogens (tertiary/aromatic N) is 1. The number of rotatable bonds is 2. The molecule has 2 aromatic carbocycles. The number of carbonyl (C=O) groups is 1. The molecular formula is C15H14N2O3. The van der Waals surface area contributed by atoms with Crippen molar-refractivity contribution in [2.45, 2.75) is 18.9 Å². The van der Waals surface area contributed by atoms with E-state index in [2.05, 4.69) is 0 Å². The van der Waals surface area contributed by atoms with Gasteiger partial charge in [0.1, 0.15) is 0 Å². The molecule has 0 spiro atoms. The molecule has 1 aliphatic heterocycles. The number of benzene rings is 1. The van der Waals surface area contributed by atoms with Gasteiger partial charge in [-0.15, -0.1) is 0 Å². The average Bonchev–Trinajstić information content (AvgIpc) is 2.96. The maximum atomic E-state index is 12.5. The topological polar surface area (TPSA) is 80.5 Å². The van der Waals surface area contributed by atoms with Crippen molar-refractivity contribution >= 4 is 11.6 Å². The lowest BCUT2D eigenvalue weighted by molar-refractivity contribution is 0.0735. The lowest BCUT2D eigenvalue weighted by Gasteiger charge is -2.26. The van der Waals surface area contributed by atoms with Crippen molar-refractivity contribution in [1.29, 1.82) is 0 Å². The van der Waals surface area contributed by atoms with Crippen LogP contribution in [0.4, 0.5) is 5.69 Å². The molecule has 0 aromatic heterocycles. The van der Waals surface area contributed by atoms with Crippen LogP contribution in [-0.2, 0) is 0 Å². The van der Waals surface area contributed by atoms with Gasteiger partial charge in [0.05, 0.1) is 17.3 Å². The van der Waals surface area contributed by atoms with Gasteiger partial charge in [0.25, 0.3) is 5.91 Å². The summed E-state index contributed by atoms with van der Waals surface area (Å²) < 4.78 is 0. The van der Waals surface area contributed by atoms with Crippen molar-refractivity contribution in [2.75, 3.05) is 12.3 Å². The fraction of sp³-hybridized carbons (Fsp3) is 0.267. The van der Waals surface area contributed by atoms with Gasteiger partial charge >= 0.3 is 0 Å². The number of anilines is 1. The molecule has 20 heavy (non-hydrogen) atoms. The highest BCUT2D eigenvalue weighted by Gasteiger charge is 2.36. The van der Waals surface area contributed by atoms with Crippen LogP contribution in [0.5, 0.6) is 0 Å². The minimum atomic E-state index is -0.626. The standard InChI is InChI=1S/C15H14N2O3/c16-12-11(13(18)14(12)19)10-7-4-8-17(10)15(20)9-5-2-1-3-6-9/h1-3,5-6,10H,4,7-8,16H2. The van der Waals surface area contributed by atoms with Crippen LogP contribution in [0, 0.1) is 0 Å². The Kier molecular flexibility index (Phi) is 2.89. The summed E-state index contributed by atoms with van der Waals surface area (Å²) in [6, 6.07) is 8.56. The molecule has 102 valence electrons. The number of carbonyl (C=O) groups excluding carboxylic acids is 1. The van der Waals surface area contributed by atoms with Crippen LogP contribution in [0.15, 0.2) is 39.9 Å². The Balaban J connectivity index is 1.93. The van der Waals surface area contributed by atoms with Crippen molar-refractivity contribution in [3.05, 3.63) is 61.9 Å². The predicted molar refractivity (Wildman–Crippen MR) is 75.2 cm³/mol. The Morgan fingerprint density at radius 2 is 1.85 bits per heavy atom. The molecule has 0 aliphatic carbocycles.